The highest BCUT2D eigenvalue weighted by molar-refractivity contribution is 6.00. The number of esters is 1. The number of rotatable bonds is 5. The molecule has 1 aromatic heterocycles. The molecule has 0 bridgehead atoms. The average molecular weight is 409 g/mol. The van der Waals surface area contributed by atoms with Gasteiger partial charge in [0.25, 0.3) is 0 Å². The van der Waals surface area contributed by atoms with E-state index in [9.17, 15) is 14.0 Å². The summed E-state index contributed by atoms with van der Waals surface area (Å²) in [7, 11) is 0. The summed E-state index contributed by atoms with van der Waals surface area (Å²) in [6, 6.07) is 12.5. The summed E-state index contributed by atoms with van der Waals surface area (Å²) in [4.78, 5) is 25.1. The molecule has 0 saturated carbocycles. The van der Waals surface area contributed by atoms with Crippen molar-refractivity contribution >= 4 is 11.8 Å². The molecule has 0 atom stereocenters. The zero-order valence-electron chi connectivity index (χ0n) is 16.6. The van der Waals surface area contributed by atoms with Crippen LogP contribution in [-0.2, 0) is 4.74 Å². The van der Waals surface area contributed by atoms with Crippen molar-refractivity contribution in [2.24, 2.45) is 0 Å². The second-order valence-electron chi connectivity index (χ2n) is 6.95. The van der Waals surface area contributed by atoms with Crippen molar-refractivity contribution < 1.29 is 28.2 Å². The van der Waals surface area contributed by atoms with Gasteiger partial charge in [0.2, 0.25) is 5.78 Å². The van der Waals surface area contributed by atoms with E-state index in [2.05, 4.69) is 0 Å². The zero-order chi connectivity index (χ0) is 21.3. The number of Topliss-reactive ketones (excluding diaryl/α,β-unsaturated/α-hetero) is 1. The first-order valence-electron chi connectivity index (χ1n) is 9.49. The van der Waals surface area contributed by atoms with Crippen molar-refractivity contribution in [2.45, 2.75) is 13.8 Å². The minimum atomic E-state index is -0.618. The predicted octanol–water partition coefficient (Wildman–Crippen LogP) is 4.04. The summed E-state index contributed by atoms with van der Waals surface area (Å²) in [5.74, 6) is -0.217. The van der Waals surface area contributed by atoms with Crippen molar-refractivity contribution in [3.63, 3.8) is 0 Å². The molecular weight excluding hydrogens is 389 g/mol. The zero-order valence-corrected chi connectivity index (χ0v) is 16.6. The van der Waals surface area contributed by atoms with Crippen LogP contribution < -0.4 is 9.47 Å². The maximum absolute atomic E-state index is 13.2. The van der Waals surface area contributed by atoms with E-state index in [4.69, 9.17) is 14.2 Å². The fraction of sp³-hybridized carbons (Fsp3) is 0.217. The molecule has 0 spiro atoms. The van der Waals surface area contributed by atoms with Crippen molar-refractivity contribution in [3.05, 3.63) is 76.9 Å². The van der Waals surface area contributed by atoms with Crippen LogP contribution in [0.3, 0.4) is 0 Å². The molecule has 30 heavy (non-hydrogen) atoms. The normalized spacial score (nSPS) is 12.5. The number of carbonyl (C=O) groups excluding carboxylic acids is 2. The van der Waals surface area contributed by atoms with Crippen LogP contribution in [0.5, 0.6) is 11.5 Å². The quantitative estimate of drug-likeness (QED) is 0.470. The second-order valence-corrected chi connectivity index (χ2v) is 6.95. The minimum absolute atomic E-state index is 0.281. The summed E-state index contributed by atoms with van der Waals surface area (Å²) in [5, 5.41) is 0. The monoisotopic (exact) mass is 409 g/mol. The van der Waals surface area contributed by atoms with Gasteiger partial charge in [-0.05, 0) is 62.4 Å². The van der Waals surface area contributed by atoms with Crippen LogP contribution in [0.25, 0.3) is 5.69 Å². The molecule has 0 unspecified atom stereocenters. The molecular formula is C23H20FNO5. The number of benzene rings is 2. The van der Waals surface area contributed by atoms with Gasteiger partial charge in [0.1, 0.15) is 19.0 Å². The third kappa shape index (κ3) is 3.78. The van der Waals surface area contributed by atoms with E-state index in [0.717, 1.165) is 11.4 Å². The van der Waals surface area contributed by atoms with Gasteiger partial charge in [0, 0.05) is 22.6 Å². The van der Waals surface area contributed by atoms with Crippen molar-refractivity contribution in [1.29, 1.82) is 0 Å². The van der Waals surface area contributed by atoms with Gasteiger partial charge in [-0.3, -0.25) is 4.79 Å². The lowest BCUT2D eigenvalue weighted by atomic mass is 10.1. The van der Waals surface area contributed by atoms with E-state index in [1.807, 2.05) is 11.5 Å². The lowest BCUT2D eigenvalue weighted by molar-refractivity contribution is 0.0473. The van der Waals surface area contributed by atoms with E-state index in [1.165, 1.54) is 12.1 Å². The molecule has 0 N–H and O–H groups in total. The van der Waals surface area contributed by atoms with E-state index >= 15 is 0 Å². The number of hydrogen-bond donors (Lipinski definition) is 0. The Hall–Kier alpha value is -3.61. The van der Waals surface area contributed by atoms with Crippen molar-refractivity contribution in [2.75, 3.05) is 19.8 Å². The Bertz CT molecular complexity index is 1120. The largest absolute Gasteiger partial charge is 0.486 e. The third-order valence-corrected chi connectivity index (χ3v) is 4.93. The molecule has 2 heterocycles. The standard InChI is InChI=1S/C23H20FNO5/c1-14-11-19(15(2)25(14)18-6-4-17(24)5-7-18)20(26)13-30-23(27)16-3-8-21-22(12-16)29-10-9-28-21/h3-8,11-12H,9-10,13H2,1-2H3. The van der Waals surface area contributed by atoms with E-state index in [1.54, 1.807) is 43.3 Å². The summed E-state index contributed by atoms with van der Waals surface area (Å²) in [5.41, 5.74) is 2.99. The van der Waals surface area contributed by atoms with Gasteiger partial charge in [-0.15, -0.1) is 0 Å². The van der Waals surface area contributed by atoms with Crippen molar-refractivity contribution in [3.8, 4) is 17.2 Å². The summed E-state index contributed by atoms with van der Waals surface area (Å²) >= 11 is 0. The highest BCUT2D eigenvalue weighted by Crippen LogP contribution is 2.31. The van der Waals surface area contributed by atoms with Gasteiger partial charge in [-0.25, -0.2) is 9.18 Å². The Kier molecular flexibility index (Phi) is 5.27. The van der Waals surface area contributed by atoms with Gasteiger partial charge < -0.3 is 18.8 Å². The Morgan fingerprint density at radius 3 is 2.43 bits per heavy atom. The van der Waals surface area contributed by atoms with Crippen molar-refractivity contribution in [1.82, 2.24) is 4.57 Å². The molecule has 1 aliphatic heterocycles. The van der Waals surface area contributed by atoms with Crippen LogP contribution in [0.1, 0.15) is 32.1 Å². The third-order valence-electron chi connectivity index (χ3n) is 4.93. The van der Waals surface area contributed by atoms with Crippen LogP contribution in [0.2, 0.25) is 0 Å². The molecule has 0 amide bonds. The lowest BCUT2D eigenvalue weighted by Crippen LogP contribution is -2.17. The molecule has 0 saturated heterocycles. The molecule has 0 aliphatic carbocycles. The number of ketones is 1. The number of nitrogens with zero attached hydrogens (tertiary/aromatic N) is 1. The van der Waals surface area contributed by atoms with Gasteiger partial charge in [-0.1, -0.05) is 0 Å². The highest BCUT2D eigenvalue weighted by atomic mass is 19.1. The number of fused-ring (bicyclic) bond motifs is 1. The predicted molar refractivity (Wildman–Crippen MR) is 107 cm³/mol. The van der Waals surface area contributed by atoms with Crippen LogP contribution in [0, 0.1) is 19.7 Å². The number of aromatic nitrogens is 1. The summed E-state index contributed by atoms with van der Waals surface area (Å²) < 4.78 is 31.2. The number of halogens is 1. The number of carbonyl (C=O) groups is 2. The molecule has 3 aromatic rings. The molecule has 2 aromatic carbocycles. The number of ether oxygens (including phenoxy) is 3. The van der Waals surface area contributed by atoms with Gasteiger partial charge in [0.05, 0.1) is 5.56 Å². The van der Waals surface area contributed by atoms with E-state index < -0.39 is 5.97 Å². The first-order valence-corrected chi connectivity index (χ1v) is 9.49. The van der Waals surface area contributed by atoms with Gasteiger partial charge in [-0.2, -0.15) is 0 Å². The molecule has 7 heteroatoms. The number of aryl methyl sites for hydroxylation is 1. The lowest BCUT2D eigenvalue weighted by Gasteiger charge is -2.18. The number of hydrogen-bond acceptors (Lipinski definition) is 5. The Morgan fingerprint density at radius 1 is 1.00 bits per heavy atom. The fourth-order valence-corrected chi connectivity index (χ4v) is 3.50. The van der Waals surface area contributed by atoms with E-state index in [0.29, 0.717) is 36.0 Å². The van der Waals surface area contributed by atoms with Crippen LogP contribution in [-0.4, -0.2) is 36.1 Å². The SMILES string of the molecule is Cc1cc(C(=O)COC(=O)c2ccc3c(c2)OCCO3)c(C)n1-c1ccc(F)cc1. The maximum atomic E-state index is 13.2. The minimum Gasteiger partial charge on any atom is -0.486 e. The molecule has 154 valence electrons. The van der Waals surface area contributed by atoms with Gasteiger partial charge in [0.15, 0.2) is 18.1 Å². The van der Waals surface area contributed by atoms with E-state index in [-0.39, 0.29) is 23.8 Å². The van der Waals surface area contributed by atoms with Crippen LogP contribution in [0.4, 0.5) is 4.39 Å². The van der Waals surface area contributed by atoms with Crippen LogP contribution in [0.15, 0.2) is 48.5 Å². The van der Waals surface area contributed by atoms with Gasteiger partial charge >= 0.3 is 5.97 Å². The smallest absolute Gasteiger partial charge is 0.338 e. The topological polar surface area (TPSA) is 66.8 Å². The Labute approximate surface area is 172 Å². The molecule has 1 aliphatic rings. The fourth-order valence-electron chi connectivity index (χ4n) is 3.50. The first kappa shape index (κ1) is 19.7. The Morgan fingerprint density at radius 2 is 1.70 bits per heavy atom. The summed E-state index contributed by atoms with van der Waals surface area (Å²) in [6.07, 6.45) is 0. The summed E-state index contributed by atoms with van der Waals surface area (Å²) in [6.45, 7) is 4.14. The average Bonchev–Trinajstić information content (AvgIpc) is 3.06. The highest BCUT2D eigenvalue weighted by Gasteiger charge is 2.20. The Balaban J connectivity index is 1.47. The molecule has 0 fully saturated rings. The second kappa shape index (κ2) is 8.02. The molecule has 4 rings (SSSR count). The molecule has 0 radical (unpaired) electrons. The van der Waals surface area contributed by atoms with Crippen LogP contribution >= 0.6 is 0 Å². The first-order chi connectivity index (χ1) is 14.4. The maximum Gasteiger partial charge on any atom is 0.338 e. The molecule has 6 nitrogen and oxygen atoms in total.